The minimum Gasteiger partial charge on any atom is -0.391 e. The van der Waals surface area contributed by atoms with Gasteiger partial charge in [-0.2, -0.15) is 0 Å². The molecule has 1 saturated carbocycles. The summed E-state index contributed by atoms with van der Waals surface area (Å²) in [5.41, 5.74) is 1.12. The van der Waals surface area contributed by atoms with E-state index in [9.17, 15) is 5.11 Å². The average Bonchev–Trinajstić information content (AvgIpc) is 2.57. The van der Waals surface area contributed by atoms with Gasteiger partial charge in [0.25, 0.3) is 0 Å². The van der Waals surface area contributed by atoms with Gasteiger partial charge in [-0.15, -0.1) is 0 Å². The first-order valence-corrected chi connectivity index (χ1v) is 6.03. The van der Waals surface area contributed by atoms with Crippen molar-refractivity contribution in [2.24, 2.45) is 0 Å². The van der Waals surface area contributed by atoms with Gasteiger partial charge in [-0.05, 0) is 53.7 Å². The van der Waals surface area contributed by atoms with Crippen molar-refractivity contribution in [1.29, 1.82) is 0 Å². The van der Waals surface area contributed by atoms with Crippen molar-refractivity contribution in [3.8, 4) is 0 Å². The van der Waals surface area contributed by atoms with Gasteiger partial charge in [-0.3, -0.25) is 0 Å². The van der Waals surface area contributed by atoms with Crippen LogP contribution in [0.4, 0.5) is 5.82 Å². The highest BCUT2D eigenvalue weighted by atomic mass is 79.9. The van der Waals surface area contributed by atoms with E-state index in [2.05, 4.69) is 26.2 Å². The first kappa shape index (κ1) is 10.9. The Kier molecular flexibility index (Phi) is 3.26. The summed E-state index contributed by atoms with van der Waals surface area (Å²) in [5.74, 6) is 0.826. The molecule has 4 heteroatoms. The SMILES string of the molecule is Cc1cnc(NC2CCCC2O)c(Br)c1. The zero-order valence-electron chi connectivity index (χ0n) is 8.70. The fraction of sp³-hybridized carbons (Fsp3) is 0.545. The lowest BCUT2D eigenvalue weighted by Crippen LogP contribution is -2.28. The van der Waals surface area contributed by atoms with Crippen LogP contribution in [-0.2, 0) is 0 Å². The number of aliphatic hydroxyl groups is 1. The number of anilines is 1. The molecule has 2 N–H and O–H groups in total. The molecule has 1 aromatic heterocycles. The third-order valence-corrected chi connectivity index (χ3v) is 3.38. The van der Waals surface area contributed by atoms with Crippen LogP contribution >= 0.6 is 15.9 Å². The summed E-state index contributed by atoms with van der Waals surface area (Å²) in [5, 5.41) is 13.0. The van der Waals surface area contributed by atoms with E-state index in [1.807, 2.05) is 19.2 Å². The molecule has 15 heavy (non-hydrogen) atoms. The van der Waals surface area contributed by atoms with Gasteiger partial charge >= 0.3 is 0 Å². The fourth-order valence-electron chi connectivity index (χ4n) is 1.92. The van der Waals surface area contributed by atoms with Crippen molar-refractivity contribution in [2.45, 2.75) is 38.3 Å². The molecular formula is C11H15BrN2O. The molecule has 3 nitrogen and oxygen atoms in total. The number of pyridine rings is 1. The molecule has 0 aromatic carbocycles. The second-order valence-corrected chi connectivity index (χ2v) is 4.95. The van der Waals surface area contributed by atoms with Crippen LogP contribution in [0.3, 0.4) is 0 Å². The van der Waals surface area contributed by atoms with Crippen molar-refractivity contribution in [1.82, 2.24) is 4.98 Å². The highest BCUT2D eigenvalue weighted by Crippen LogP contribution is 2.26. The number of nitrogens with one attached hydrogen (secondary N) is 1. The molecule has 1 aromatic rings. The fourth-order valence-corrected chi connectivity index (χ4v) is 2.50. The molecule has 1 aliphatic carbocycles. The Hall–Kier alpha value is -0.610. The first-order chi connectivity index (χ1) is 7.16. The normalized spacial score (nSPS) is 25.5. The van der Waals surface area contributed by atoms with Gasteiger partial charge in [0, 0.05) is 6.20 Å². The predicted molar refractivity (Wildman–Crippen MR) is 63.9 cm³/mol. The summed E-state index contributed by atoms with van der Waals surface area (Å²) >= 11 is 3.47. The van der Waals surface area contributed by atoms with Crippen molar-refractivity contribution in [3.63, 3.8) is 0 Å². The highest BCUT2D eigenvalue weighted by molar-refractivity contribution is 9.10. The Morgan fingerprint density at radius 1 is 1.53 bits per heavy atom. The maximum Gasteiger partial charge on any atom is 0.140 e. The number of hydrogen-bond acceptors (Lipinski definition) is 3. The third-order valence-electron chi connectivity index (χ3n) is 2.78. The average molecular weight is 271 g/mol. The van der Waals surface area contributed by atoms with Crippen LogP contribution in [0.2, 0.25) is 0 Å². The van der Waals surface area contributed by atoms with E-state index >= 15 is 0 Å². The van der Waals surface area contributed by atoms with Gasteiger partial charge < -0.3 is 10.4 Å². The molecule has 0 amide bonds. The van der Waals surface area contributed by atoms with E-state index in [4.69, 9.17) is 0 Å². The molecule has 1 aliphatic rings. The lowest BCUT2D eigenvalue weighted by Gasteiger charge is -2.17. The third kappa shape index (κ3) is 2.49. The Morgan fingerprint density at radius 2 is 2.33 bits per heavy atom. The summed E-state index contributed by atoms with van der Waals surface area (Å²) in [4.78, 5) is 4.31. The van der Waals surface area contributed by atoms with Crippen molar-refractivity contribution in [3.05, 3.63) is 22.3 Å². The van der Waals surface area contributed by atoms with Crippen LogP contribution in [-0.4, -0.2) is 22.2 Å². The molecule has 2 unspecified atom stereocenters. The van der Waals surface area contributed by atoms with E-state index < -0.39 is 0 Å². The molecule has 0 aliphatic heterocycles. The van der Waals surface area contributed by atoms with E-state index in [1.165, 1.54) is 0 Å². The zero-order chi connectivity index (χ0) is 10.8. The van der Waals surface area contributed by atoms with Crippen LogP contribution < -0.4 is 5.32 Å². The second-order valence-electron chi connectivity index (χ2n) is 4.09. The Labute approximate surface area is 98.0 Å². The molecule has 82 valence electrons. The second kappa shape index (κ2) is 4.49. The molecule has 1 heterocycles. The van der Waals surface area contributed by atoms with Gasteiger partial charge in [0.15, 0.2) is 0 Å². The molecule has 2 rings (SSSR count). The van der Waals surface area contributed by atoms with E-state index in [0.29, 0.717) is 0 Å². The van der Waals surface area contributed by atoms with Crippen LogP contribution in [0.25, 0.3) is 0 Å². The minimum atomic E-state index is -0.236. The van der Waals surface area contributed by atoms with Gasteiger partial charge in [0.2, 0.25) is 0 Å². The summed E-state index contributed by atoms with van der Waals surface area (Å²) in [7, 11) is 0. The maximum atomic E-state index is 9.69. The van der Waals surface area contributed by atoms with E-state index in [-0.39, 0.29) is 12.1 Å². The lowest BCUT2D eigenvalue weighted by atomic mass is 10.2. The van der Waals surface area contributed by atoms with Gasteiger partial charge in [-0.1, -0.05) is 0 Å². The molecule has 0 radical (unpaired) electrons. The van der Waals surface area contributed by atoms with Crippen LogP contribution in [0.5, 0.6) is 0 Å². The Bertz CT molecular complexity index is 356. The zero-order valence-corrected chi connectivity index (χ0v) is 10.3. The van der Waals surface area contributed by atoms with Gasteiger partial charge in [0.05, 0.1) is 16.6 Å². The van der Waals surface area contributed by atoms with Crippen molar-refractivity contribution < 1.29 is 5.11 Å². The lowest BCUT2D eigenvalue weighted by molar-refractivity contribution is 0.171. The Balaban J connectivity index is 2.10. The molecule has 0 saturated heterocycles. The standard InChI is InChI=1S/C11H15BrN2O/c1-7-5-8(12)11(13-6-7)14-9-3-2-4-10(9)15/h5-6,9-10,15H,2-4H2,1H3,(H,13,14). The molecule has 2 atom stereocenters. The van der Waals surface area contributed by atoms with Crippen molar-refractivity contribution >= 4 is 21.7 Å². The van der Waals surface area contributed by atoms with Crippen LogP contribution in [0.15, 0.2) is 16.7 Å². The number of aliphatic hydroxyl groups excluding tert-OH is 1. The number of aryl methyl sites for hydroxylation is 1. The van der Waals surface area contributed by atoms with Gasteiger partial charge in [0.1, 0.15) is 5.82 Å². The van der Waals surface area contributed by atoms with E-state index in [1.54, 1.807) is 0 Å². The van der Waals surface area contributed by atoms with Crippen molar-refractivity contribution in [2.75, 3.05) is 5.32 Å². The largest absolute Gasteiger partial charge is 0.391 e. The molecule has 1 fully saturated rings. The highest BCUT2D eigenvalue weighted by Gasteiger charge is 2.25. The Morgan fingerprint density at radius 3 is 2.93 bits per heavy atom. The number of aromatic nitrogens is 1. The monoisotopic (exact) mass is 270 g/mol. The number of halogens is 1. The molecular weight excluding hydrogens is 256 g/mol. The summed E-state index contributed by atoms with van der Waals surface area (Å²) in [6.07, 6.45) is 4.58. The minimum absolute atomic E-state index is 0.150. The topological polar surface area (TPSA) is 45.2 Å². The number of nitrogens with zero attached hydrogens (tertiary/aromatic N) is 1. The summed E-state index contributed by atoms with van der Waals surface area (Å²) in [6, 6.07) is 2.17. The number of rotatable bonds is 2. The smallest absolute Gasteiger partial charge is 0.140 e. The maximum absolute atomic E-state index is 9.69. The predicted octanol–water partition coefficient (Wildman–Crippen LogP) is 2.48. The van der Waals surface area contributed by atoms with E-state index in [0.717, 1.165) is 35.1 Å². The molecule has 0 bridgehead atoms. The van der Waals surface area contributed by atoms with Crippen LogP contribution in [0, 0.1) is 6.92 Å². The van der Waals surface area contributed by atoms with Crippen LogP contribution in [0.1, 0.15) is 24.8 Å². The quantitative estimate of drug-likeness (QED) is 0.868. The summed E-state index contributed by atoms with van der Waals surface area (Å²) in [6.45, 7) is 2.01. The number of hydrogen-bond donors (Lipinski definition) is 2. The molecule has 0 spiro atoms. The van der Waals surface area contributed by atoms with Gasteiger partial charge in [-0.25, -0.2) is 4.98 Å². The summed E-state index contributed by atoms with van der Waals surface area (Å²) < 4.78 is 0.960. The first-order valence-electron chi connectivity index (χ1n) is 5.23.